The predicted octanol–water partition coefficient (Wildman–Crippen LogP) is 4.33. The molecule has 1 aliphatic rings. The molecular weight excluding hydrogens is 368 g/mol. The molecule has 3 aromatic carbocycles. The lowest BCUT2D eigenvalue weighted by molar-refractivity contribution is -0.123. The zero-order valence-electron chi connectivity index (χ0n) is 17.6. The molecule has 0 saturated carbocycles. The summed E-state index contributed by atoms with van der Waals surface area (Å²) in [6, 6.07) is 28.9. The molecule has 2 N–H and O–H groups in total. The van der Waals surface area contributed by atoms with Crippen molar-refractivity contribution in [3.8, 4) is 0 Å². The minimum atomic E-state index is -0.804. The third-order valence-electron chi connectivity index (χ3n) is 6.57. The van der Waals surface area contributed by atoms with Gasteiger partial charge in [0.1, 0.15) is 5.41 Å². The molecule has 1 heterocycles. The number of likely N-dealkylation sites (tertiary alicyclic amines) is 1. The first-order chi connectivity index (χ1) is 14.6. The van der Waals surface area contributed by atoms with Crippen LogP contribution in [0.4, 0.5) is 0 Å². The SMILES string of the molecule is Cc1ccc(CCN2CCC(C(C(N)=O)(c3ccccc3)c3ccccc3)C2)cc1. The van der Waals surface area contributed by atoms with E-state index in [0.29, 0.717) is 0 Å². The maximum Gasteiger partial charge on any atom is 0.232 e. The van der Waals surface area contributed by atoms with Crippen LogP contribution in [0.3, 0.4) is 0 Å². The second-order valence-electron chi connectivity index (χ2n) is 8.43. The summed E-state index contributed by atoms with van der Waals surface area (Å²) in [5, 5.41) is 0. The molecule has 0 aromatic heterocycles. The van der Waals surface area contributed by atoms with Crippen molar-refractivity contribution in [3.63, 3.8) is 0 Å². The lowest BCUT2D eigenvalue weighted by atomic mass is 9.64. The molecule has 30 heavy (non-hydrogen) atoms. The Kier molecular flexibility index (Phi) is 6.01. The fourth-order valence-corrected chi connectivity index (χ4v) is 4.96. The molecule has 3 aromatic rings. The summed E-state index contributed by atoms with van der Waals surface area (Å²) in [5.41, 5.74) is 10.0. The first-order valence-corrected chi connectivity index (χ1v) is 10.8. The Balaban J connectivity index is 1.60. The Morgan fingerprint density at radius 1 is 0.933 bits per heavy atom. The van der Waals surface area contributed by atoms with Crippen LogP contribution >= 0.6 is 0 Å². The van der Waals surface area contributed by atoms with Crippen LogP contribution in [0.25, 0.3) is 0 Å². The quantitative estimate of drug-likeness (QED) is 0.644. The van der Waals surface area contributed by atoms with Crippen LogP contribution in [0.5, 0.6) is 0 Å². The van der Waals surface area contributed by atoms with Crippen molar-refractivity contribution in [2.75, 3.05) is 19.6 Å². The molecule has 1 amide bonds. The van der Waals surface area contributed by atoms with Gasteiger partial charge in [-0.2, -0.15) is 0 Å². The predicted molar refractivity (Wildman–Crippen MR) is 122 cm³/mol. The van der Waals surface area contributed by atoms with Gasteiger partial charge in [0.05, 0.1) is 0 Å². The van der Waals surface area contributed by atoms with Crippen LogP contribution < -0.4 is 5.73 Å². The highest BCUT2D eigenvalue weighted by Crippen LogP contribution is 2.43. The van der Waals surface area contributed by atoms with E-state index in [1.54, 1.807) is 0 Å². The average molecular weight is 399 g/mol. The molecule has 0 spiro atoms. The second kappa shape index (κ2) is 8.85. The van der Waals surface area contributed by atoms with Crippen molar-refractivity contribution in [2.45, 2.75) is 25.2 Å². The van der Waals surface area contributed by atoms with Gasteiger partial charge in [-0.05, 0) is 48.9 Å². The van der Waals surface area contributed by atoms with Crippen LogP contribution in [0.15, 0.2) is 84.9 Å². The van der Waals surface area contributed by atoms with Crippen molar-refractivity contribution < 1.29 is 4.79 Å². The van der Waals surface area contributed by atoms with E-state index in [-0.39, 0.29) is 11.8 Å². The monoisotopic (exact) mass is 398 g/mol. The smallest absolute Gasteiger partial charge is 0.232 e. The summed E-state index contributed by atoms with van der Waals surface area (Å²) < 4.78 is 0. The van der Waals surface area contributed by atoms with E-state index in [2.05, 4.69) is 36.1 Å². The van der Waals surface area contributed by atoms with Gasteiger partial charge in [-0.15, -0.1) is 0 Å². The third-order valence-corrected chi connectivity index (χ3v) is 6.57. The minimum Gasteiger partial charge on any atom is -0.369 e. The summed E-state index contributed by atoms with van der Waals surface area (Å²) in [5.74, 6) is -0.108. The molecule has 154 valence electrons. The summed E-state index contributed by atoms with van der Waals surface area (Å²) in [6.07, 6.45) is 1.98. The Morgan fingerprint density at radius 2 is 1.50 bits per heavy atom. The third kappa shape index (κ3) is 3.90. The number of carbonyl (C=O) groups is 1. The number of amides is 1. The molecule has 1 fully saturated rings. The van der Waals surface area contributed by atoms with Gasteiger partial charge in [-0.3, -0.25) is 4.79 Å². The maximum atomic E-state index is 13.1. The summed E-state index contributed by atoms with van der Waals surface area (Å²) in [6.45, 7) is 4.98. The van der Waals surface area contributed by atoms with E-state index >= 15 is 0 Å². The largest absolute Gasteiger partial charge is 0.369 e. The van der Waals surface area contributed by atoms with E-state index < -0.39 is 5.41 Å². The first-order valence-electron chi connectivity index (χ1n) is 10.8. The number of nitrogens with two attached hydrogens (primary N) is 1. The van der Waals surface area contributed by atoms with Gasteiger partial charge in [0.2, 0.25) is 5.91 Å². The summed E-state index contributed by atoms with van der Waals surface area (Å²) >= 11 is 0. The average Bonchev–Trinajstić information content (AvgIpc) is 3.24. The van der Waals surface area contributed by atoms with Gasteiger partial charge >= 0.3 is 0 Å². The van der Waals surface area contributed by atoms with E-state index in [4.69, 9.17) is 5.73 Å². The molecule has 1 saturated heterocycles. The zero-order chi connectivity index (χ0) is 21.0. The molecular formula is C27H30N2O. The number of nitrogens with zero attached hydrogens (tertiary/aromatic N) is 1. The number of benzene rings is 3. The highest BCUT2D eigenvalue weighted by molar-refractivity contribution is 5.91. The lowest BCUT2D eigenvalue weighted by Gasteiger charge is -2.37. The molecule has 1 aliphatic heterocycles. The molecule has 0 radical (unpaired) electrons. The Bertz CT molecular complexity index is 927. The van der Waals surface area contributed by atoms with Gasteiger partial charge < -0.3 is 10.6 Å². The number of rotatable bonds is 7. The van der Waals surface area contributed by atoms with E-state index in [0.717, 1.165) is 43.6 Å². The zero-order valence-corrected chi connectivity index (χ0v) is 17.6. The topological polar surface area (TPSA) is 46.3 Å². The van der Waals surface area contributed by atoms with Crippen LogP contribution in [0.2, 0.25) is 0 Å². The van der Waals surface area contributed by atoms with Crippen molar-refractivity contribution in [3.05, 3.63) is 107 Å². The van der Waals surface area contributed by atoms with Gasteiger partial charge in [-0.25, -0.2) is 0 Å². The molecule has 1 unspecified atom stereocenters. The number of carbonyl (C=O) groups excluding carboxylic acids is 1. The highest BCUT2D eigenvalue weighted by Gasteiger charge is 2.49. The number of hydrogen-bond acceptors (Lipinski definition) is 2. The summed E-state index contributed by atoms with van der Waals surface area (Å²) in [7, 11) is 0. The molecule has 4 rings (SSSR count). The first kappa shape index (κ1) is 20.4. The molecule has 3 heteroatoms. The number of aryl methyl sites for hydroxylation is 1. The maximum absolute atomic E-state index is 13.1. The normalized spacial score (nSPS) is 17.2. The van der Waals surface area contributed by atoms with Crippen molar-refractivity contribution in [1.29, 1.82) is 0 Å². The van der Waals surface area contributed by atoms with Crippen LogP contribution in [-0.4, -0.2) is 30.4 Å². The van der Waals surface area contributed by atoms with E-state index in [9.17, 15) is 4.79 Å². The van der Waals surface area contributed by atoms with Crippen molar-refractivity contribution in [2.24, 2.45) is 11.7 Å². The molecule has 3 nitrogen and oxygen atoms in total. The highest BCUT2D eigenvalue weighted by atomic mass is 16.1. The van der Waals surface area contributed by atoms with E-state index in [1.165, 1.54) is 11.1 Å². The lowest BCUT2D eigenvalue weighted by Crippen LogP contribution is -2.49. The second-order valence-corrected chi connectivity index (χ2v) is 8.43. The van der Waals surface area contributed by atoms with E-state index in [1.807, 2.05) is 60.7 Å². The Morgan fingerprint density at radius 3 is 2.03 bits per heavy atom. The Hall–Kier alpha value is -2.91. The van der Waals surface area contributed by atoms with Gasteiger partial charge in [0.15, 0.2) is 0 Å². The summed E-state index contributed by atoms with van der Waals surface area (Å²) in [4.78, 5) is 15.6. The van der Waals surface area contributed by atoms with Gasteiger partial charge in [0, 0.05) is 13.1 Å². The molecule has 0 bridgehead atoms. The van der Waals surface area contributed by atoms with Crippen molar-refractivity contribution in [1.82, 2.24) is 4.90 Å². The van der Waals surface area contributed by atoms with Crippen LogP contribution in [0, 0.1) is 12.8 Å². The standard InChI is InChI=1S/C27H30N2O/c1-21-12-14-22(15-13-21)16-18-29-19-17-25(20-29)27(26(28)30,23-8-4-2-5-9-23)24-10-6-3-7-11-24/h2-15,25H,16-20H2,1H3,(H2,28,30). The van der Waals surface area contributed by atoms with Crippen LogP contribution in [0.1, 0.15) is 28.7 Å². The van der Waals surface area contributed by atoms with Crippen LogP contribution in [-0.2, 0) is 16.6 Å². The number of primary amides is 1. The molecule has 0 aliphatic carbocycles. The fourth-order valence-electron chi connectivity index (χ4n) is 4.96. The van der Waals surface area contributed by atoms with Gasteiger partial charge in [-0.1, -0.05) is 90.5 Å². The van der Waals surface area contributed by atoms with Crippen molar-refractivity contribution >= 4 is 5.91 Å². The van der Waals surface area contributed by atoms with Gasteiger partial charge in [0.25, 0.3) is 0 Å². The number of hydrogen-bond donors (Lipinski definition) is 1. The molecule has 1 atom stereocenters. The minimum absolute atomic E-state index is 0.151. The fraction of sp³-hybridized carbons (Fsp3) is 0.296. The Labute approximate surface area is 179 Å².